The van der Waals surface area contributed by atoms with Crippen LogP contribution in [0.15, 0.2) is 54.7 Å². The smallest absolute Gasteiger partial charge is 0.235 e. The van der Waals surface area contributed by atoms with Crippen LogP contribution in [0, 0.1) is 0 Å². The second-order valence-electron chi connectivity index (χ2n) is 10.1. The average Bonchev–Trinajstić information content (AvgIpc) is 3.44. The molecule has 36 heavy (non-hydrogen) atoms. The molecule has 0 bridgehead atoms. The first kappa shape index (κ1) is 21.4. The minimum Gasteiger partial charge on any atom is -0.497 e. The fourth-order valence-corrected chi connectivity index (χ4v) is 5.98. The van der Waals surface area contributed by atoms with Gasteiger partial charge >= 0.3 is 0 Å². The predicted octanol–water partition coefficient (Wildman–Crippen LogP) is 3.97. The molecule has 1 amide bonds. The maximum absolute atomic E-state index is 13.0. The number of hydrogen-bond acceptors (Lipinski definition) is 6. The van der Waals surface area contributed by atoms with Crippen LogP contribution in [0.1, 0.15) is 36.3 Å². The van der Waals surface area contributed by atoms with Crippen molar-refractivity contribution in [1.29, 1.82) is 0 Å². The summed E-state index contributed by atoms with van der Waals surface area (Å²) in [6.45, 7) is 1.64. The van der Waals surface area contributed by atoms with Crippen molar-refractivity contribution in [2.45, 2.75) is 36.7 Å². The third-order valence-electron chi connectivity index (χ3n) is 8.12. The Labute approximate surface area is 208 Å². The lowest BCUT2D eigenvalue weighted by molar-refractivity contribution is -0.118. The fourth-order valence-electron chi connectivity index (χ4n) is 5.98. The van der Waals surface area contributed by atoms with Crippen molar-refractivity contribution in [3.8, 4) is 17.0 Å². The quantitative estimate of drug-likeness (QED) is 0.408. The summed E-state index contributed by atoms with van der Waals surface area (Å²) >= 11 is 0. The number of carbonyl (C=O) groups excluding carboxylic acids is 1. The molecule has 2 aromatic carbocycles. The van der Waals surface area contributed by atoms with Crippen LogP contribution in [0.25, 0.3) is 22.2 Å². The molecule has 1 saturated carbocycles. The highest BCUT2D eigenvalue weighted by Crippen LogP contribution is 2.65. The van der Waals surface area contributed by atoms with Gasteiger partial charge in [-0.05, 0) is 66.8 Å². The summed E-state index contributed by atoms with van der Waals surface area (Å²) in [6, 6.07) is 16.2. The van der Waals surface area contributed by atoms with E-state index in [4.69, 9.17) is 4.74 Å². The number of fused-ring (bicyclic) bond motifs is 3. The van der Waals surface area contributed by atoms with Crippen LogP contribution in [0.3, 0.4) is 0 Å². The largest absolute Gasteiger partial charge is 0.497 e. The SMILES string of the molecule is COc1ccc2c(c1)C1(CC1c1ccc3c(-c4ccc(N5CCC(O)CC5)nc4)n[nH]c3c1)C(=O)N2. The molecule has 1 saturated heterocycles. The first-order valence-electron chi connectivity index (χ1n) is 12.4. The molecule has 4 aromatic rings. The number of benzene rings is 2. The third-order valence-corrected chi connectivity index (χ3v) is 8.12. The number of aliphatic hydroxyl groups excluding tert-OH is 1. The molecule has 7 rings (SSSR count). The van der Waals surface area contributed by atoms with Crippen molar-refractivity contribution in [3.63, 3.8) is 0 Å². The first-order chi connectivity index (χ1) is 17.6. The lowest BCUT2D eigenvalue weighted by Crippen LogP contribution is -2.36. The van der Waals surface area contributed by atoms with E-state index in [1.54, 1.807) is 7.11 Å². The molecule has 8 nitrogen and oxygen atoms in total. The Kier molecular flexibility index (Phi) is 4.63. The summed E-state index contributed by atoms with van der Waals surface area (Å²) in [7, 11) is 1.65. The molecular formula is C28H27N5O3. The van der Waals surface area contributed by atoms with E-state index in [2.05, 4.69) is 49.7 Å². The van der Waals surface area contributed by atoms with Gasteiger partial charge in [-0.15, -0.1) is 0 Å². The van der Waals surface area contributed by atoms with Crippen molar-refractivity contribution in [2.24, 2.45) is 0 Å². The summed E-state index contributed by atoms with van der Waals surface area (Å²) in [5.41, 5.74) is 5.27. The number of aromatic nitrogens is 3. The van der Waals surface area contributed by atoms with Gasteiger partial charge in [0.25, 0.3) is 0 Å². The number of aliphatic hydroxyl groups is 1. The van der Waals surface area contributed by atoms with Gasteiger partial charge in [0.15, 0.2) is 0 Å². The third kappa shape index (κ3) is 3.14. The number of hydrogen-bond donors (Lipinski definition) is 3. The number of piperidine rings is 1. The van der Waals surface area contributed by atoms with Gasteiger partial charge in [-0.2, -0.15) is 5.10 Å². The standard InChI is InChI=1S/C28H27N5O3/c1-36-19-4-6-23-21(13-19)28(27(35)30-23)14-22(28)16-2-5-20-24(12-16)31-32-26(20)17-3-7-25(29-15-17)33-10-8-18(34)9-11-33/h2-7,12-13,15,18,22,34H,8-11,14H2,1H3,(H,30,35)(H,31,32). The topological polar surface area (TPSA) is 103 Å². The molecule has 3 aliphatic rings. The predicted molar refractivity (Wildman–Crippen MR) is 137 cm³/mol. The molecule has 2 aliphatic heterocycles. The van der Waals surface area contributed by atoms with Crippen LogP contribution in [0.2, 0.25) is 0 Å². The van der Waals surface area contributed by atoms with Crippen molar-refractivity contribution >= 4 is 28.3 Å². The number of nitrogens with one attached hydrogen (secondary N) is 2. The number of carbonyl (C=O) groups is 1. The van der Waals surface area contributed by atoms with Gasteiger partial charge in [-0.3, -0.25) is 9.89 Å². The van der Waals surface area contributed by atoms with Gasteiger partial charge in [0, 0.05) is 41.8 Å². The Bertz CT molecular complexity index is 1490. The second-order valence-corrected chi connectivity index (χ2v) is 10.1. The molecule has 2 aromatic heterocycles. The van der Waals surface area contributed by atoms with Crippen LogP contribution < -0.4 is 15.0 Å². The zero-order valence-corrected chi connectivity index (χ0v) is 20.0. The molecular weight excluding hydrogens is 454 g/mol. The zero-order chi connectivity index (χ0) is 24.4. The highest BCUT2D eigenvalue weighted by Gasteiger charge is 2.65. The van der Waals surface area contributed by atoms with Gasteiger partial charge in [0.1, 0.15) is 17.3 Å². The Morgan fingerprint density at radius 1 is 1.11 bits per heavy atom. The first-order valence-corrected chi connectivity index (χ1v) is 12.4. The average molecular weight is 482 g/mol. The van der Waals surface area contributed by atoms with Crippen LogP contribution in [0.4, 0.5) is 11.5 Å². The summed E-state index contributed by atoms with van der Waals surface area (Å²) in [5.74, 6) is 1.88. The lowest BCUT2D eigenvalue weighted by Gasteiger charge is -2.30. The molecule has 182 valence electrons. The molecule has 2 fully saturated rings. The minimum atomic E-state index is -0.523. The van der Waals surface area contributed by atoms with Crippen LogP contribution in [-0.2, 0) is 10.2 Å². The number of ether oxygens (including phenoxy) is 1. The van der Waals surface area contributed by atoms with E-state index in [0.717, 1.165) is 82.9 Å². The summed E-state index contributed by atoms with van der Waals surface area (Å²) < 4.78 is 5.42. The van der Waals surface area contributed by atoms with E-state index in [0.29, 0.717) is 0 Å². The maximum Gasteiger partial charge on any atom is 0.235 e. The molecule has 8 heteroatoms. The molecule has 1 spiro atoms. The lowest BCUT2D eigenvalue weighted by atomic mass is 9.91. The Morgan fingerprint density at radius 3 is 2.75 bits per heavy atom. The minimum absolute atomic E-state index is 0.0653. The van der Waals surface area contributed by atoms with Crippen molar-refractivity contribution in [1.82, 2.24) is 15.2 Å². The van der Waals surface area contributed by atoms with E-state index in [1.165, 1.54) is 0 Å². The summed E-state index contributed by atoms with van der Waals surface area (Å²) in [6.07, 6.45) is 4.00. The number of nitrogens with zero attached hydrogens (tertiary/aromatic N) is 3. The number of anilines is 2. The normalized spacial score (nSPS) is 23.2. The van der Waals surface area contributed by atoms with Crippen LogP contribution in [-0.4, -0.2) is 52.5 Å². The highest BCUT2D eigenvalue weighted by molar-refractivity contribution is 6.10. The Hall–Kier alpha value is -3.91. The maximum atomic E-state index is 13.0. The number of pyridine rings is 1. The number of methoxy groups -OCH3 is 1. The molecule has 2 atom stereocenters. The fraction of sp³-hybridized carbons (Fsp3) is 0.321. The Morgan fingerprint density at radius 2 is 1.97 bits per heavy atom. The number of amides is 1. The molecule has 0 radical (unpaired) electrons. The number of H-pyrrole nitrogens is 1. The van der Waals surface area contributed by atoms with E-state index in [1.807, 2.05) is 30.5 Å². The van der Waals surface area contributed by atoms with Crippen molar-refractivity contribution in [3.05, 3.63) is 65.9 Å². The van der Waals surface area contributed by atoms with E-state index >= 15 is 0 Å². The van der Waals surface area contributed by atoms with E-state index < -0.39 is 5.41 Å². The van der Waals surface area contributed by atoms with Gasteiger partial charge in [0.05, 0.1) is 24.1 Å². The summed E-state index contributed by atoms with van der Waals surface area (Å²) in [4.78, 5) is 19.9. The van der Waals surface area contributed by atoms with Crippen LogP contribution in [0.5, 0.6) is 5.75 Å². The second kappa shape index (κ2) is 7.80. The van der Waals surface area contributed by atoms with Crippen LogP contribution >= 0.6 is 0 Å². The molecule has 3 N–H and O–H groups in total. The van der Waals surface area contributed by atoms with Crippen molar-refractivity contribution in [2.75, 3.05) is 30.4 Å². The van der Waals surface area contributed by atoms with Crippen molar-refractivity contribution < 1.29 is 14.6 Å². The molecule has 2 unspecified atom stereocenters. The number of aromatic amines is 1. The monoisotopic (exact) mass is 481 g/mol. The van der Waals surface area contributed by atoms with E-state index in [9.17, 15) is 9.90 Å². The van der Waals surface area contributed by atoms with E-state index in [-0.39, 0.29) is 17.9 Å². The van der Waals surface area contributed by atoms with Gasteiger partial charge in [0.2, 0.25) is 5.91 Å². The zero-order valence-electron chi connectivity index (χ0n) is 20.0. The summed E-state index contributed by atoms with van der Waals surface area (Å²) in [5, 5.41) is 21.6. The molecule has 1 aliphatic carbocycles. The highest BCUT2D eigenvalue weighted by atomic mass is 16.5. The molecule has 4 heterocycles. The van der Waals surface area contributed by atoms with Gasteiger partial charge in [-0.1, -0.05) is 12.1 Å². The van der Waals surface area contributed by atoms with Gasteiger partial charge in [-0.25, -0.2) is 4.98 Å². The van der Waals surface area contributed by atoms with Gasteiger partial charge < -0.3 is 20.1 Å². The number of rotatable bonds is 4. The Balaban J connectivity index is 1.16.